The van der Waals surface area contributed by atoms with E-state index in [1.54, 1.807) is 32.9 Å². The third-order valence-electron chi connectivity index (χ3n) is 2.20. The van der Waals surface area contributed by atoms with Gasteiger partial charge in [0.1, 0.15) is 5.60 Å². The predicted molar refractivity (Wildman–Crippen MR) is 77.3 cm³/mol. The molecule has 0 bridgehead atoms. The van der Waals surface area contributed by atoms with E-state index >= 15 is 0 Å². The number of alkyl carbamates (subject to hydrolysis) is 1. The molecule has 0 fully saturated rings. The highest BCUT2D eigenvalue weighted by molar-refractivity contribution is 6.31. The monoisotopic (exact) mass is 279 g/mol. The molecule has 0 aliphatic heterocycles. The minimum atomic E-state index is -0.549. The summed E-state index contributed by atoms with van der Waals surface area (Å²) in [6.07, 6.45) is 1.12. The van der Waals surface area contributed by atoms with Crippen LogP contribution < -0.4 is 5.32 Å². The Morgan fingerprint density at radius 2 is 2.11 bits per heavy atom. The first-order valence-corrected chi connectivity index (χ1v) is 6.31. The van der Waals surface area contributed by atoms with Crippen molar-refractivity contribution < 1.29 is 9.53 Å². The smallest absolute Gasteiger partial charge is 0.408 e. The summed E-state index contributed by atoms with van der Waals surface area (Å²) in [6, 6.07) is 6.85. The van der Waals surface area contributed by atoms with Crippen molar-refractivity contribution in [2.45, 2.75) is 32.4 Å². The highest BCUT2D eigenvalue weighted by Gasteiger charge is 2.20. The van der Waals surface area contributed by atoms with Crippen molar-refractivity contribution in [3.8, 4) is 0 Å². The van der Waals surface area contributed by atoms with Crippen molar-refractivity contribution in [2.24, 2.45) is 0 Å². The molecule has 0 saturated heterocycles. The lowest BCUT2D eigenvalue weighted by Crippen LogP contribution is -2.34. The molecular formula is C15H18ClNO2. The number of hydrogen-bond acceptors (Lipinski definition) is 2. The fraction of sp³-hybridized carbons (Fsp3) is 0.333. The Hall–Kier alpha value is -1.70. The second kappa shape index (κ2) is 6.46. The van der Waals surface area contributed by atoms with Crippen LogP contribution in [-0.2, 0) is 4.74 Å². The molecule has 0 heterocycles. The molecule has 1 N–H and O–H groups in total. The van der Waals surface area contributed by atoms with Crippen LogP contribution in [-0.4, -0.2) is 11.7 Å². The second-order valence-electron chi connectivity index (χ2n) is 5.02. The fourth-order valence-corrected chi connectivity index (χ4v) is 1.74. The number of benzene rings is 1. The summed E-state index contributed by atoms with van der Waals surface area (Å²) in [5.74, 6) is 0. The van der Waals surface area contributed by atoms with Gasteiger partial charge in [0.2, 0.25) is 0 Å². The molecule has 4 heteroatoms. The molecule has 19 heavy (non-hydrogen) atoms. The number of rotatable bonds is 3. The fourth-order valence-electron chi connectivity index (χ4n) is 1.49. The lowest BCUT2D eigenvalue weighted by Gasteiger charge is -2.22. The topological polar surface area (TPSA) is 38.3 Å². The zero-order valence-corrected chi connectivity index (χ0v) is 12.1. The largest absolute Gasteiger partial charge is 0.444 e. The van der Waals surface area contributed by atoms with Crippen molar-refractivity contribution in [1.29, 1.82) is 0 Å². The van der Waals surface area contributed by atoms with Crippen molar-refractivity contribution in [2.75, 3.05) is 0 Å². The number of carbonyl (C=O) groups is 1. The van der Waals surface area contributed by atoms with E-state index < -0.39 is 17.7 Å². The average molecular weight is 280 g/mol. The van der Waals surface area contributed by atoms with Crippen molar-refractivity contribution in [3.63, 3.8) is 0 Å². The maximum Gasteiger partial charge on any atom is 0.408 e. The minimum absolute atomic E-state index is 0.416. The maximum atomic E-state index is 11.8. The normalized spacial score (nSPS) is 12.2. The van der Waals surface area contributed by atoms with Gasteiger partial charge in [-0.1, -0.05) is 36.4 Å². The first-order valence-electron chi connectivity index (χ1n) is 5.93. The van der Waals surface area contributed by atoms with Gasteiger partial charge >= 0.3 is 6.09 Å². The van der Waals surface area contributed by atoms with E-state index in [0.717, 1.165) is 5.56 Å². The highest BCUT2D eigenvalue weighted by Crippen LogP contribution is 2.23. The molecule has 0 aromatic heterocycles. The lowest BCUT2D eigenvalue weighted by atomic mass is 10.1. The summed E-state index contributed by atoms with van der Waals surface area (Å²) in [5.41, 5.74) is 2.88. The van der Waals surface area contributed by atoms with Gasteiger partial charge in [0.15, 0.2) is 0 Å². The molecule has 0 aliphatic rings. The summed E-state index contributed by atoms with van der Waals surface area (Å²) >= 11 is 6.11. The van der Waals surface area contributed by atoms with Crippen molar-refractivity contribution in [1.82, 2.24) is 5.32 Å². The Morgan fingerprint density at radius 1 is 1.47 bits per heavy atom. The van der Waals surface area contributed by atoms with Crippen LogP contribution >= 0.6 is 11.6 Å². The zero-order valence-electron chi connectivity index (χ0n) is 11.4. The highest BCUT2D eigenvalue weighted by atomic mass is 35.5. The summed E-state index contributed by atoms with van der Waals surface area (Å²) in [4.78, 5) is 11.8. The van der Waals surface area contributed by atoms with Crippen molar-refractivity contribution >= 4 is 17.7 Å². The molecule has 102 valence electrons. The van der Waals surface area contributed by atoms with Gasteiger partial charge in [-0.15, -0.1) is 5.73 Å². The van der Waals surface area contributed by atoms with Gasteiger partial charge < -0.3 is 10.1 Å². The summed E-state index contributed by atoms with van der Waals surface area (Å²) < 4.78 is 5.21. The van der Waals surface area contributed by atoms with Gasteiger partial charge in [0.05, 0.1) is 6.04 Å². The second-order valence-corrected chi connectivity index (χ2v) is 5.42. The predicted octanol–water partition coefficient (Wildman–Crippen LogP) is 4.25. The molecule has 0 unspecified atom stereocenters. The zero-order chi connectivity index (χ0) is 14.5. The van der Waals surface area contributed by atoms with Gasteiger partial charge in [0, 0.05) is 5.02 Å². The van der Waals surface area contributed by atoms with E-state index in [1.807, 2.05) is 18.2 Å². The van der Waals surface area contributed by atoms with Crippen LogP contribution in [0.1, 0.15) is 32.4 Å². The number of ether oxygens (including phenoxy) is 1. The Labute approximate surface area is 118 Å². The molecule has 0 saturated carbocycles. The van der Waals surface area contributed by atoms with E-state index in [0.29, 0.717) is 5.02 Å². The number of hydrogen-bond donors (Lipinski definition) is 1. The van der Waals surface area contributed by atoms with Crippen molar-refractivity contribution in [3.05, 3.63) is 53.2 Å². The maximum absolute atomic E-state index is 11.8. The van der Waals surface area contributed by atoms with E-state index in [-0.39, 0.29) is 0 Å². The number of carbonyl (C=O) groups excluding carboxylic acids is 1. The number of amides is 1. The van der Waals surface area contributed by atoms with E-state index in [9.17, 15) is 4.79 Å². The summed E-state index contributed by atoms with van der Waals surface area (Å²) in [5, 5.41) is 3.29. The molecule has 3 nitrogen and oxygen atoms in total. The molecule has 1 amide bonds. The third kappa shape index (κ3) is 5.21. The molecule has 1 aromatic rings. The van der Waals surface area contributed by atoms with Gasteiger partial charge in [0.25, 0.3) is 0 Å². The summed E-state index contributed by atoms with van der Waals surface area (Å²) in [7, 11) is 0. The molecule has 1 rings (SSSR count). The van der Waals surface area contributed by atoms with E-state index in [1.165, 1.54) is 0 Å². The van der Waals surface area contributed by atoms with E-state index in [4.69, 9.17) is 16.3 Å². The third-order valence-corrected chi connectivity index (χ3v) is 2.54. The van der Waals surface area contributed by atoms with Gasteiger partial charge in [-0.05, 0) is 38.5 Å². The van der Waals surface area contributed by atoms with Crippen LogP contribution in [0.5, 0.6) is 0 Å². The van der Waals surface area contributed by atoms with Gasteiger partial charge in [-0.25, -0.2) is 4.79 Å². The average Bonchev–Trinajstić information content (AvgIpc) is 2.26. The van der Waals surface area contributed by atoms with Crippen LogP contribution in [0.2, 0.25) is 5.02 Å². The quantitative estimate of drug-likeness (QED) is 0.840. The Balaban J connectivity index is 2.89. The molecule has 1 atom stereocenters. The van der Waals surface area contributed by atoms with E-state index in [2.05, 4.69) is 17.6 Å². The number of halogens is 1. The molecule has 0 radical (unpaired) electrons. The Kier molecular flexibility index (Phi) is 5.22. The molecular weight excluding hydrogens is 262 g/mol. The Morgan fingerprint density at radius 3 is 2.63 bits per heavy atom. The first kappa shape index (κ1) is 15.4. The molecule has 1 aromatic carbocycles. The van der Waals surface area contributed by atoms with Gasteiger partial charge in [-0.2, -0.15) is 0 Å². The Bertz CT molecular complexity index is 499. The minimum Gasteiger partial charge on any atom is -0.444 e. The van der Waals surface area contributed by atoms with Crippen LogP contribution in [0.25, 0.3) is 0 Å². The van der Waals surface area contributed by atoms with Crippen LogP contribution in [0, 0.1) is 0 Å². The van der Waals surface area contributed by atoms with Crippen LogP contribution in [0.3, 0.4) is 0 Å². The van der Waals surface area contributed by atoms with Gasteiger partial charge in [-0.3, -0.25) is 0 Å². The first-order chi connectivity index (χ1) is 8.83. The number of nitrogens with one attached hydrogen (secondary N) is 1. The van der Waals surface area contributed by atoms with Crippen LogP contribution in [0.15, 0.2) is 42.7 Å². The SMILES string of the molecule is C=C=C[C@@H](NC(=O)OC(C)(C)C)c1ccccc1Cl. The van der Waals surface area contributed by atoms with Crippen LogP contribution in [0.4, 0.5) is 4.79 Å². The lowest BCUT2D eigenvalue weighted by molar-refractivity contribution is 0.0514. The molecule has 0 spiro atoms. The molecule has 0 aliphatic carbocycles. The summed E-state index contributed by atoms with van der Waals surface area (Å²) in [6.45, 7) is 8.94. The standard InChI is InChI=1S/C15H18ClNO2/c1-5-8-13(11-9-6-7-10-12(11)16)17-14(18)19-15(2,3)4/h6-10,13H,1H2,2-4H3,(H,17,18)/t13-/m1/s1.